The number of rotatable bonds is 6. The van der Waals surface area contributed by atoms with Crippen molar-refractivity contribution in [2.75, 3.05) is 6.79 Å². The molecule has 0 aliphatic carbocycles. The molecule has 2 heterocycles. The molecule has 1 aliphatic rings. The Morgan fingerprint density at radius 1 is 1.38 bits per heavy atom. The van der Waals surface area contributed by atoms with Crippen molar-refractivity contribution in [3.63, 3.8) is 0 Å². The highest BCUT2D eigenvalue weighted by molar-refractivity contribution is 7.07. The van der Waals surface area contributed by atoms with Crippen molar-refractivity contribution in [2.45, 2.75) is 39.3 Å². The summed E-state index contributed by atoms with van der Waals surface area (Å²) >= 11 is 1.19. The topological polar surface area (TPSA) is 69.6 Å². The molecule has 1 atom stereocenters. The molecule has 0 saturated carbocycles. The van der Waals surface area contributed by atoms with Gasteiger partial charge >= 0.3 is 4.87 Å². The molecule has 0 saturated heterocycles. The van der Waals surface area contributed by atoms with Gasteiger partial charge in [0.05, 0.1) is 6.04 Å². The Morgan fingerprint density at radius 3 is 2.92 bits per heavy atom. The van der Waals surface area contributed by atoms with Gasteiger partial charge in [-0.05, 0) is 38.0 Å². The fourth-order valence-corrected chi connectivity index (χ4v) is 3.41. The van der Waals surface area contributed by atoms with Gasteiger partial charge in [0.25, 0.3) is 0 Å². The lowest BCUT2D eigenvalue weighted by molar-refractivity contribution is -0.121. The van der Waals surface area contributed by atoms with Gasteiger partial charge in [0, 0.05) is 24.0 Å². The highest BCUT2D eigenvalue weighted by Gasteiger charge is 2.16. The zero-order chi connectivity index (χ0) is 17.1. The van der Waals surface area contributed by atoms with Crippen LogP contribution in [0.15, 0.2) is 28.4 Å². The first-order valence-corrected chi connectivity index (χ1v) is 8.76. The molecule has 24 heavy (non-hydrogen) atoms. The molecule has 1 aromatic heterocycles. The minimum Gasteiger partial charge on any atom is -0.454 e. The van der Waals surface area contributed by atoms with Crippen molar-refractivity contribution in [3.8, 4) is 11.5 Å². The molecule has 0 fully saturated rings. The number of hydrogen-bond acceptors (Lipinski definition) is 5. The Bertz CT molecular complexity index is 796. The van der Waals surface area contributed by atoms with Gasteiger partial charge in [0.15, 0.2) is 11.5 Å². The smallest absolute Gasteiger partial charge is 0.307 e. The van der Waals surface area contributed by atoms with E-state index < -0.39 is 0 Å². The van der Waals surface area contributed by atoms with Crippen LogP contribution in [-0.2, 0) is 11.3 Å². The predicted molar refractivity (Wildman–Crippen MR) is 91.7 cm³/mol. The van der Waals surface area contributed by atoms with Gasteiger partial charge in [0.1, 0.15) is 0 Å². The van der Waals surface area contributed by atoms with Crippen LogP contribution in [0.3, 0.4) is 0 Å². The maximum atomic E-state index is 12.1. The van der Waals surface area contributed by atoms with Crippen molar-refractivity contribution in [1.29, 1.82) is 0 Å². The van der Waals surface area contributed by atoms with Crippen molar-refractivity contribution in [2.24, 2.45) is 0 Å². The second-order valence-electron chi connectivity index (χ2n) is 5.80. The second kappa shape index (κ2) is 7.09. The zero-order valence-electron chi connectivity index (χ0n) is 13.7. The normalized spacial score (nSPS) is 13.8. The van der Waals surface area contributed by atoms with Crippen LogP contribution >= 0.6 is 11.3 Å². The minimum atomic E-state index is -0.113. The highest BCUT2D eigenvalue weighted by atomic mass is 32.1. The Labute approximate surface area is 144 Å². The van der Waals surface area contributed by atoms with Crippen LogP contribution in [0.4, 0.5) is 0 Å². The van der Waals surface area contributed by atoms with Crippen molar-refractivity contribution in [3.05, 3.63) is 44.5 Å². The maximum absolute atomic E-state index is 12.1. The Balaban J connectivity index is 1.50. The second-order valence-corrected chi connectivity index (χ2v) is 6.62. The van der Waals surface area contributed by atoms with Crippen molar-refractivity contribution in [1.82, 2.24) is 9.88 Å². The van der Waals surface area contributed by atoms with Crippen LogP contribution in [-0.4, -0.2) is 17.3 Å². The van der Waals surface area contributed by atoms with Crippen LogP contribution < -0.4 is 19.7 Å². The summed E-state index contributed by atoms with van der Waals surface area (Å²) < 4.78 is 12.3. The number of fused-ring (bicyclic) bond motifs is 1. The molecule has 1 N–H and O–H groups in total. The summed E-state index contributed by atoms with van der Waals surface area (Å²) in [5.74, 6) is 1.41. The third-order valence-electron chi connectivity index (χ3n) is 4.04. The van der Waals surface area contributed by atoms with Crippen molar-refractivity contribution >= 4 is 17.2 Å². The number of hydrogen-bond donors (Lipinski definition) is 1. The SMILES string of the molecule is Cc1csc(=O)n1CCCC(=O)N[C@H](C)c1ccc2c(c1)OCO2. The van der Waals surface area contributed by atoms with Gasteiger partial charge in [-0.3, -0.25) is 9.59 Å². The Morgan fingerprint density at radius 2 is 2.17 bits per heavy atom. The number of aromatic nitrogens is 1. The molecule has 0 bridgehead atoms. The minimum absolute atomic E-state index is 0.0268. The first kappa shape index (κ1) is 16.6. The lowest BCUT2D eigenvalue weighted by atomic mass is 10.1. The molecule has 2 aromatic rings. The van der Waals surface area contributed by atoms with Crippen LogP contribution in [0, 0.1) is 6.92 Å². The van der Waals surface area contributed by atoms with Gasteiger partial charge < -0.3 is 19.4 Å². The Hall–Kier alpha value is -2.28. The Kier molecular flexibility index (Phi) is 4.89. The molecule has 0 radical (unpaired) electrons. The van der Waals surface area contributed by atoms with E-state index in [-0.39, 0.29) is 23.6 Å². The van der Waals surface area contributed by atoms with E-state index in [0.717, 1.165) is 17.0 Å². The van der Waals surface area contributed by atoms with E-state index in [1.165, 1.54) is 11.3 Å². The van der Waals surface area contributed by atoms with Gasteiger partial charge in [-0.1, -0.05) is 17.4 Å². The largest absolute Gasteiger partial charge is 0.454 e. The first-order chi connectivity index (χ1) is 11.5. The van der Waals surface area contributed by atoms with Crippen LogP contribution in [0.25, 0.3) is 0 Å². The third-order valence-corrected chi connectivity index (χ3v) is 4.92. The predicted octanol–water partition coefficient (Wildman–Crippen LogP) is 2.60. The summed E-state index contributed by atoms with van der Waals surface area (Å²) in [6, 6.07) is 5.55. The number of nitrogens with one attached hydrogen (secondary N) is 1. The van der Waals surface area contributed by atoms with Crippen molar-refractivity contribution < 1.29 is 14.3 Å². The van der Waals surface area contributed by atoms with E-state index in [9.17, 15) is 9.59 Å². The number of ether oxygens (including phenoxy) is 2. The number of benzene rings is 1. The van der Waals surface area contributed by atoms with E-state index >= 15 is 0 Å². The zero-order valence-corrected chi connectivity index (χ0v) is 14.5. The molecule has 0 spiro atoms. The van der Waals surface area contributed by atoms with E-state index in [4.69, 9.17) is 9.47 Å². The lowest BCUT2D eigenvalue weighted by Crippen LogP contribution is -2.27. The summed E-state index contributed by atoms with van der Waals surface area (Å²) in [7, 11) is 0. The van der Waals surface area contributed by atoms with E-state index in [1.807, 2.05) is 37.4 Å². The molecular formula is C17H20N2O4S. The van der Waals surface area contributed by atoms with E-state index in [2.05, 4.69) is 5.32 Å². The number of amides is 1. The average Bonchev–Trinajstić information content (AvgIpc) is 3.15. The van der Waals surface area contributed by atoms with Gasteiger partial charge in [-0.2, -0.15) is 0 Å². The average molecular weight is 348 g/mol. The quantitative estimate of drug-likeness (QED) is 0.871. The fraction of sp³-hybridized carbons (Fsp3) is 0.412. The molecule has 7 heteroatoms. The molecular weight excluding hydrogens is 328 g/mol. The first-order valence-electron chi connectivity index (χ1n) is 7.88. The van der Waals surface area contributed by atoms with Crippen LogP contribution in [0.5, 0.6) is 11.5 Å². The van der Waals surface area contributed by atoms with Gasteiger partial charge in [-0.15, -0.1) is 0 Å². The standard InChI is InChI=1S/C17H20N2O4S/c1-11-9-24-17(21)19(11)7-3-4-16(20)18-12(2)13-5-6-14-15(8-13)23-10-22-14/h5-6,8-9,12H,3-4,7,10H2,1-2H3,(H,18,20)/t12-/m1/s1. The number of carbonyl (C=O) groups excluding carboxylic acids is 1. The molecule has 128 valence electrons. The summed E-state index contributed by atoms with van der Waals surface area (Å²) in [6.07, 6.45) is 1.02. The molecule has 1 aromatic carbocycles. The summed E-state index contributed by atoms with van der Waals surface area (Å²) in [5.41, 5.74) is 1.91. The molecule has 3 rings (SSSR count). The van der Waals surface area contributed by atoms with Gasteiger partial charge in [0.2, 0.25) is 12.7 Å². The highest BCUT2D eigenvalue weighted by Crippen LogP contribution is 2.34. The number of thiazole rings is 1. The molecule has 1 aliphatic heterocycles. The monoisotopic (exact) mass is 348 g/mol. The maximum Gasteiger partial charge on any atom is 0.307 e. The fourth-order valence-electron chi connectivity index (χ4n) is 2.65. The molecule has 1 amide bonds. The summed E-state index contributed by atoms with van der Waals surface area (Å²) in [6.45, 7) is 4.64. The molecule has 0 unspecified atom stereocenters. The van der Waals surface area contributed by atoms with E-state index in [0.29, 0.717) is 25.1 Å². The third kappa shape index (κ3) is 3.62. The lowest BCUT2D eigenvalue weighted by Gasteiger charge is -2.15. The number of carbonyl (C=O) groups is 1. The summed E-state index contributed by atoms with van der Waals surface area (Å²) in [5, 5.41) is 4.81. The number of nitrogens with zero attached hydrogens (tertiary/aromatic N) is 1. The van der Waals surface area contributed by atoms with Gasteiger partial charge in [-0.25, -0.2) is 0 Å². The number of aryl methyl sites for hydroxylation is 1. The molecule has 6 nitrogen and oxygen atoms in total. The summed E-state index contributed by atoms with van der Waals surface area (Å²) in [4.78, 5) is 23.8. The van der Waals surface area contributed by atoms with Crippen LogP contribution in [0.2, 0.25) is 0 Å². The van der Waals surface area contributed by atoms with Crippen LogP contribution in [0.1, 0.15) is 37.1 Å². The van der Waals surface area contributed by atoms with E-state index in [1.54, 1.807) is 4.57 Å².